The molecule has 184 valence electrons. The van der Waals surface area contributed by atoms with Crippen LogP contribution >= 0.6 is 23.5 Å². The normalized spacial score (nSPS) is 21.4. The number of carbonyl (C=O) groups excluding carboxylic acids is 2. The molecule has 0 saturated heterocycles. The largest absolute Gasteiger partial charge is 0.337 e. The molecule has 0 radical (unpaired) electrons. The second-order valence-corrected chi connectivity index (χ2v) is 11.9. The fourth-order valence-electron chi connectivity index (χ4n) is 5.09. The second-order valence-electron chi connectivity index (χ2n) is 10.1. The molecule has 6 nitrogen and oxygen atoms in total. The summed E-state index contributed by atoms with van der Waals surface area (Å²) in [4.78, 5) is 27.5. The van der Waals surface area contributed by atoms with E-state index in [9.17, 15) is 9.59 Å². The topological polar surface area (TPSA) is 82.3 Å². The number of nitrogens with one attached hydrogen (secondary N) is 4. The van der Waals surface area contributed by atoms with Crippen LogP contribution in [-0.4, -0.2) is 37.2 Å². The molecule has 0 spiro atoms. The highest BCUT2D eigenvalue weighted by Gasteiger charge is 2.41. The number of hydrogen-bond acceptors (Lipinski definition) is 4. The van der Waals surface area contributed by atoms with Crippen LogP contribution < -0.4 is 21.3 Å². The van der Waals surface area contributed by atoms with Crippen molar-refractivity contribution in [2.75, 3.05) is 29.7 Å². The second kappa shape index (κ2) is 11.4. The Morgan fingerprint density at radius 1 is 0.882 bits per heavy atom. The Balaban J connectivity index is 1.57. The Labute approximate surface area is 211 Å². The van der Waals surface area contributed by atoms with Gasteiger partial charge in [-0.3, -0.25) is 0 Å². The average Bonchev–Trinajstić information content (AvgIpc) is 2.76. The Morgan fingerprint density at radius 2 is 1.44 bits per heavy atom. The van der Waals surface area contributed by atoms with Crippen molar-refractivity contribution in [3.05, 3.63) is 48.5 Å². The van der Waals surface area contributed by atoms with E-state index in [-0.39, 0.29) is 28.9 Å². The maximum Gasteiger partial charge on any atom is 0.319 e. The van der Waals surface area contributed by atoms with Crippen LogP contribution in [0.5, 0.6) is 0 Å². The van der Waals surface area contributed by atoms with Crippen molar-refractivity contribution in [3.63, 3.8) is 0 Å². The highest BCUT2D eigenvalue weighted by molar-refractivity contribution is 7.98. The zero-order valence-corrected chi connectivity index (χ0v) is 22.3. The highest BCUT2D eigenvalue weighted by atomic mass is 32.2. The molecule has 8 heteroatoms. The molecule has 34 heavy (non-hydrogen) atoms. The SMILES string of the molecule is CSc1cccc(NC(=O)NC[C@@]2(C)C[C@H](NC(=O)Nc3cccc(SC)c3)CC(C)(C)C2)c1. The number of thioether (sulfide) groups is 2. The lowest BCUT2D eigenvalue weighted by Gasteiger charge is -2.46. The molecule has 1 aliphatic rings. The summed E-state index contributed by atoms with van der Waals surface area (Å²) in [5.74, 6) is 0. The van der Waals surface area contributed by atoms with Gasteiger partial charge in [-0.1, -0.05) is 32.9 Å². The lowest BCUT2D eigenvalue weighted by molar-refractivity contribution is 0.0761. The molecule has 3 rings (SSSR count). The molecular formula is C26H36N4O2S2. The van der Waals surface area contributed by atoms with E-state index >= 15 is 0 Å². The van der Waals surface area contributed by atoms with E-state index in [1.165, 1.54) is 0 Å². The summed E-state index contributed by atoms with van der Waals surface area (Å²) < 4.78 is 0. The van der Waals surface area contributed by atoms with Crippen LogP contribution in [0, 0.1) is 10.8 Å². The molecule has 0 aromatic heterocycles. The molecule has 0 bridgehead atoms. The molecule has 1 aliphatic carbocycles. The van der Waals surface area contributed by atoms with Gasteiger partial charge in [0.1, 0.15) is 0 Å². The summed E-state index contributed by atoms with van der Waals surface area (Å²) in [6.07, 6.45) is 6.69. The number of rotatable bonds is 7. The Kier molecular flexibility index (Phi) is 8.82. The van der Waals surface area contributed by atoms with Gasteiger partial charge in [0.05, 0.1) is 0 Å². The lowest BCUT2D eigenvalue weighted by Crippen LogP contribution is -2.51. The molecular weight excluding hydrogens is 464 g/mol. The van der Waals surface area contributed by atoms with Gasteiger partial charge in [0.15, 0.2) is 0 Å². The first-order chi connectivity index (χ1) is 16.1. The Morgan fingerprint density at radius 3 is 2.00 bits per heavy atom. The first-order valence-electron chi connectivity index (χ1n) is 11.5. The molecule has 2 atom stereocenters. The number of anilines is 2. The quantitative estimate of drug-likeness (QED) is 0.321. The van der Waals surface area contributed by atoms with Crippen molar-refractivity contribution in [1.82, 2.24) is 10.6 Å². The van der Waals surface area contributed by atoms with Crippen molar-refractivity contribution in [2.45, 2.75) is 55.9 Å². The van der Waals surface area contributed by atoms with Crippen LogP contribution in [-0.2, 0) is 0 Å². The van der Waals surface area contributed by atoms with Crippen LogP contribution in [0.2, 0.25) is 0 Å². The van der Waals surface area contributed by atoms with Gasteiger partial charge in [-0.2, -0.15) is 0 Å². The van der Waals surface area contributed by atoms with Crippen LogP contribution in [0.25, 0.3) is 0 Å². The van der Waals surface area contributed by atoms with E-state index in [2.05, 4.69) is 42.0 Å². The summed E-state index contributed by atoms with van der Waals surface area (Å²) in [7, 11) is 0. The summed E-state index contributed by atoms with van der Waals surface area (Å²) >= 11 is 3.28. The van der Waals surface area contributed by atoms with Crippen LogP contribution in [0.3, 0.4) is 0 Å². The molecule has 0 unspecified atom stereocenters. The van der Waals surface area contributed by atoms with Crippen molar-refractivity contribution in [3.8, 4) is 0 Å². The van der Waals surface area contributed by atoms with Gasteiger partial charge in [0.25, 0.3) is 0 Å². The standard InChI is InChI=1S/C26H36N4O2S2/c1-25(2)14-20(30-24(32)29-19-9-7-11-22(13-19)34-5)15-26(3,16-25)17-27-23(31)28-18-8-6-10-21(12-18)33-4/h6-13,20H,14-17H2,1-5H3,(H2,27,28,31)(H2,29,30,32)/t20-,26+/m1/s1. The molecule has 2 aromatic carbocycles. The number of amides is 4. The van der Waals surface area contributed by atoms with Gasteiger partial charge in [0, 0.05) is 33.8 Å². The van der Waals surface area contributed by atoms with E-state index in [1.54, 1.807) is 23.5 Å². The summed E-state index contributed by atoms with van der Waals surface area (Å²) in [6.45, 7) is 7.19. The maximum atomic E-state index is 12.7. The molecule has 4 N–H and O–H groups in total. The number of carbonyl (C=O) groups is 2. The molecule has 1 fully saturated rings. The lowest BCUT2D eigenvalue weighted by atomic mass is 9.62. The van der Waals surface area contributed by atoms with Crippen molar-refractivity contribution >= 4 is 47.0 Å². The summed E-state index contributed by atoms with van der Waals surface area (Å²) in [5.41, 5.74) is 1.48. The Hall–Kier alpha value is -2.32. The number of benzene rings is 2. The predicted octanol–water partition coefficient (Wildman–Crippen LogP) is 6.66. The Bertz CT molecular complexity index is 1010. The average molecular weight is 501 g/mol. The minimum Gasteiger partial charge on any atom is -0.337 e. The van der Waals surface area contributed by atoms with E-state index in [4.69, 9.17) is 0 Å². The molecule has 4 amide bonds. The van der Waals surface area contributed by atoms with Gasteiger partial charge < -0.3 is 21.3 Å². The monoisotopic (exact) mass is 500 g/mol. The molecule has 1 saturated carbocycles. The van der Waals surface area contributed by atoms with Gasteiger partial charge in [-0.15, -0.1) is 23.5 Å². The minimum atomic E-state index is -0.209. The molecule has 0 aliphatic heterocycles. The van der Waals surface area contributed by atoms with Gasteiger partial charge >= 0.3 is 12.1 Å². The maximum absolute atomic E-state index is 12.7. The van der Waals surface area contributed by atoms with E-state index in [1.807, 2.05) is 61.0 Å². The summed E-state index contributed by atoms with van der Waals surface area (Å²) in [6, 6.07) is 15.2. The third kappa shape index (κ3) is 7.87. The first-order valence-corrected chi connectivity index (χ1v) is 14.0. The zero-order chi connectivity index (χ0) is 24.8. The fraction of sp³-hybridized carbons (Fsp3) is 0.462. The predicted molar refractivity (Wildman–Crippen MR) is 145 cm³/mol. The van der Waals surface area contributed by atoms with Crippen molar-refractivity contribution < 1.29 is 9.59 Å². The van der Waals surface area contributed by atoms with E-state index < -0.39 is 0 Å². The zero-order valence-electron chi connectivity index (χ0n) is 20.7. The first kappa shape index (κ1) is 26.3. The van der Waals surface area contributed by atoms with Gasteiger partial charge in [0.2, 0.25) is 0 Å². The van der Waals surface area contributed by atoms with Crippen LogP contribution in [0.1, 0.15) is 40.0 Å². The fourth-order valence-corrected chi connectivity index (χ4v) is 6.01. The minimum absolute atomic E-state index is 0.0283. The third-order valence-corrected chi connectivity index (χ3v) is 7.56. The van der Waals surface area contributed by atoms with E-state index in [0.717, 1.165) is 40.4 Å². The van der Waals surface area contributed by atoms with Gasteiger partial charge in [-0.25, -0.2) is 9.59 Å². The molecule has 2 aromatic rings. The molecule has 0 heterocycles. The van der Waals surface area contributed by atoms with Crippen LogP contribution in [0.15, 0.2) is 58.3 Å². The van der Waals surface area contributed by atoms with Crippen molar-refractivity contribution in [2.24, 2.45) is 10.8 Å². The third-order valence-electron chi connectivity index (χ3n) is 6.11. The smallest absolute Gasteiger partial charge is 0.319 e. The number of hydrogen-bond donors (Lipinski definition) is 4. The highest BCUT2D eigenvalue weighted by Crippen LogP contribution is 2.45. The van der Waals surface area contributed by atoms with Crippen LogP contribution in [0.4, 0.5) is 21.0 Å². The summed E-state index contributed by atoms with van der Waals surface area (Å²) in [5, 5.41) is 12.1. The van der Waals surface area contributed by atoms with Gasteiger partial charge in [-0.05, 0) is 79.0 Å². The van der Waals surface area contributed by atoms with E-state index in [0.29, 0.717) is 6.54 Å². The number of urea groups is 2. The van der Waals surface area contributed by atoms with Crippen molar-refractivity contribution in [1.29, 1.82) is 0 Å².